The third-order valence-electron chi connectivity index (χ3n) is 5.02. The van der Waals surface area contributed by atoms with Crippen molar-refractivity contribution < 1.29 is 23.9 Å². The normalized spacial score (nSPS) is 11.3. The minimum absolute atomic E-state index is 0.0311. The Bertz CT molecular complexity index is 980. The smallest absolute Gasteiger partial charge is 0.316 e. The summed E-state index contributed by atoms with van der Waals surface area (Å²) in [5, 5.41) is 5.54. The van der Waals surface area contributed by atoms with E-state index in [1.165, 1.54) is 0 Å². The maximum Gasteiger partial charge on any atom is 0.316 e. The first-order chi connectivity index (χ1) is 16.3. The molecule has 0 aliphatic rings. The molecule has 1 atom stereocenters. The molecule has 0 unspecified atom stereocenters. The van der Waals surface area contributed by atoms with Crippen LogP contribution in [-0.2, 0) is 19.1 Å². The molecule has 0 heterocycles. The molecule has 0 radical (unpaired) electrons. The number of nitrogens with one attached hydrogen (secondary N) is 2. The number of hydrogen-bond acceptors (Lipinski definition) is 6. The van der Waals surface area contributed by atoms with Crippen LogP contribution in [-0.4, -0.2) is 59.8 Å². The van der Waals surface area contributed by atoms with Gasteiger partial charge in [0.05, 0.1) is 28.8 Å². The Morgan fingerprint density at radius 2 is 1.59 bits per heavy atom. The number of anilines is 1. The van der Waals surface area contributed by atoms with Crippen molar-refractivity contribution >= 4 is 41.1 Å². The summed E-state index contributed by atoms with van der Waals surface area (Å²) in [6, 6.07) is 15.9. The highest BCUT2D eigenvalue weighted by molar-refractivity contribution is 8.00. The highest BCUT2D eigenvalue weighted by atomic mass is 32.2. The third-order valence-corrected chi connectivity index (χ3v) is 5.91. The van der Waals surface area contributed by atoms with E-state index in [0.717, 1.165) is 17.3 Å². The standard InChI is InChI=1S/C25H31N3O5S/c1-4-28(5-2)23(30)16-34-17-24(31)33-15-22(29)27-21-14-10-9-13-20(21)25(32)26-18(3)19-11-7-6-8-12-19/h6-14,18H,4-5,15-17H2,1-3H3,(H,26,32)(H,27,29)/t18-/m0/s1. The second kappa shape index (κ2) is 14.0. The number of amides is 3. The van der Waals surface area contributed by atoms with Gasteiger partial charge in [-0.15, -0.1) is 11.8 Å². The van der Waals surface area contributed by atoms with E-state index < -0.39 is 18.5 Å². The van der Waals surface area contributed by atoms with Gasteiger partial charge in [0, 0.05) is 13.1 Å². The lowest BCUT2D eigenvalue weighted by atomic mass is 10.1. The SMILES string of the molecule is CCN(CC)C(=O)CSCC(=O)OCC(=O)Nc1ccccc1C(=O)N[C@@H](C)c1ccccc1. The van der Waals surface area contributed by atoms with Crippen molar-refractivity contribution in [2.45, 2.75) is 26.8 Å². The van der Waals surface area contributed by atoms with Crippen molar-refractivity contribution in [2.24, 2.45) is 0 Å². The van der Waals surface area contributed by atoms with Gasteiger partial charge in [0.1, 0.15) is 0 Å². The molecular formula is C25H31N3O5S. The van der Waals surface area contributed by atoms with Crippen LogP contribution >= 0.6 is 11.8 Å². The molecule has 0 fully saturated rings. The minimum Gasteiger partial charge on any atom is -0.455 e. The lowest BCUT2D eigenvalue weighted by Crippen LogP contribution is -2.32. The summed E-state index contributed by atoms with van der Waals surface area (Å²) in [7, 11) is 0. The molecule has 0 aliphatic heterocycles. The Hall–Kier alpha value is -3.33. The second-order valence-electron chi connectivity index (χ2n) is 7.42. The molecule has 2 N–H and O–H groups in total. The van der Waals surface area contributed by atoms with Crippen molar-refractivity contribution in [3.8, 4) is 0 Å². The van der Waals surface area contributed by atoms with Crippen LogP contribution in [0.15, 0.2) is 54.6 Å². The fourth-order valence-corrected chi connectivity index (χ4v) is 3.86. The summed E-state index contributed by atoms with van der Waals surface area (Å²) in [6.45, 7) is 6.41. The zero-order chi connectivity index (χ0) is 24.9. The first-order valence-electron chi connectivity index (χ1n) is 11.1. The largest absolute Gasteiger partial charge is 0.455 e. The summed E-state index contributed by atoms with van der Waals surface area (Å²) in [4.78, 5) is 50.6. The summed E-state index contributed by atoms with van der Waals surface area (Å²) in [5.41, 5.74) is 1.58. The number of carbonyl (C=O) groups is 4. The van der Waals surface area contributed by atoms with E-state index in [1.807, 2.05) is 51.1 Å². The van der Waals surface area contributed by atoms with Crippen molar-refractivity contribution in [3.63, 3.8) is 0 Å². The summed E-state index contributed by atoms with van der Waals surface area (Å²) < 4.78 is 5.00. The Kier molecular flexibility index (Phi) is 11.1. The molecule has 3 amide bonds. The molecule has 182 valence electrons. The maximum atomic E-state index is 12.8. The average Bonchev–Trinajstić information content (AvgIpc) is 2.84. The second-order valence-corrected chi connectivity index (χ2v) is 8.40. The Labute approximate surface area is 204 Å². The van der Waals surface area contributed by atoms with Gasteiger partial charge in [0.2, 0.25) is 5.91 Å². The molecule has 2 aromatic rings. The number of benzene rings is 2. The zero-order valence-corrected chi connectivity index (χ0v) is 20.5. The number of nitrogens with zero attached hydrogens (tertiary/aromatic N) is 1. The first-order valence-corrected chi connectivity index (χ1v) is 12.3. The summed E-state index contributed by atoms with van der Waals surface area (Å²) >= 11 is 1.14. The van der Waals surface area contributed by atoms with Crippen LogP contribution < -0.4 is 10.6 Å². The molecule has 2 rings (SSSR count). The summed E-state index contributed by atoms with van der Waals surface area (Å²) in [6.07, 6.45) is 0. The van der Waals surface area contributed by atoms with Crippen LogP contribution in [0.3, 0.4) is 0 Å². The monoisotopic (exact) mass is 485 g/mol. The topological polar surface area (TPSA) is 105 Å². The van der Waals surface area contributed by atoms with Crippen LogP contribution in [0.4, 0.5) is 5.69 Å². The van der Waals surface area contributed by atoms with E-state index in [-0.39, 0.29) is 29.4 Å². The highest BCUT2D eigenvalue weighted by Gasteiger charge is 2.17. The number of hydrogen-bond donors (Lipinski definition) is 2. The molecule has 8 nitrogen and oxygen atoms in total. The minimum atomic E-state index is -0.588. The van der Waals surface area contributed by atoms with Crippen LogP contribution in [0.5, 0.6) is 0 Å². The Morgan fingerprint density at radius 1 is 0.941 bits per heavy atom. The Morgan fingerprint density at radius 3 is 2.26 bits per heavy atom. The fourth-order valence-electron chi connectivity index (χ4n) is 3.15. The Balaban J connectivity index is 1.83. The highest BCUT2D eigenvalue weighted by Crippen LogP contribution is 2.18. The predicted octanol–water partition coefficient (Wildman–Crippen LogP) is 3.26. The van der Waals surface area contributed by atoms with Crippen LogP contribution in [0.2, 0.25) is 0 Å². The summed E-state index contributed by atoms with van der Waals surface area (Å²) in [5.74, 6) is -1.39. The van der Waals surface area contributed by atoms with Gasteiger partial charge in [-0.25, -0.2) is 0 Å². The lowest BCUT2D eigenvalue weighted by molar-refractivity contribution is -0.144. The van der Waals surface area contributed by atoms with Crippen LogP contribution in [0.1, 0.15) is 42.7 Å². The van der Waals surface area contributed by atoms with E-state index in [2.05, 4.69) is 10.6 Å². The van der Waals surface area contributed by atoms with Crippen molar-refractivity contribution in [3.05, 3.63) is 65.7 Å². The number of rotatable bonds is 12. The molecular weight excluding hydrogens is 454 g/mol. The number of para-hydroxylation sites is 1. The molecule has 2 aromatic carbocycles. The van der Waals surface area contributed by atoms with Crippen LogP contribution in [0, 0.1) is 0 Å². The zero-order valence-electron chi connectivity index (χ0n) is 19.7. The number of esters is 1. The van der Waals surface area contributed by atoms with E-state index in [4.69, 9.17) is 4.74 Å². The maximum absolute atomic E-state index is 12.8. The number of thioether (sulfide) groups is 1. The van der Waals surface area contributed by atoms with Gasteiger partial charge < -0.3 is 20.3 Å². The van der Waals surface area contributed by atoms with Gasteiger partial charge >= 0.3 is 5.97 Å². The first kappa shape index (κ1) is 26.9. The fraction of sp³-hybridized carbons (Fsp3) is 0.360. The number of carbonyl (C=O) groups excluding carboxylic acids is 4. The number of ether oxygens (including phenoxy) is 1. The van der Waals surface area contributed by atoms with E-state index in [0.29, 0.717) is 24.3 Å². The van der Waals surface area contributed by atoms with Crippen LogP contribution in [0.25, 0.3) is 0 Å². The van der Waals surface area contributed by atoms with Crippen molar-refractivity contribution in [1.29, 1.82) is 0 Å². The molecule has 0 aromatic heterocycles. The van der Waals surface area contributed by atoms with Gasteiger partial charge in [-0.3, -0.25) is 19.2 Å². The molecule has 9 heteroatoms. The molecule has 0 aliphatic carbocycles. The average molecular weight is 486 g/mol. The third kappa shape index (κ3) is 8.55. The van der Waals surface area contributed by atoms with Gasteiger partial charge in [0.15, 0.2) is 6.61 Å². The van der Waals surface area contributed by atoms with Gasteiger partial charge in [-0.1, -0.05) is 42.5 Å². The lowest BCUT2D eigenvalue weighted by Gasteiger charge is -2.18. The predicted molar refractivity (Wildman–Crippen MR) is 134 cm³/mol. The van der Waals surface area contributed by atoms with E-state index >= 15 is 0 Å². The van der Waals surface area contributed by atoms with Gasteiger partial charge in [-0.05, 0) is 38.5 Å². The molecule has 0 saturated heterocycles. The molecule has 0 bridgehead atoms. The quantitative estimate of drug-likeness (QED) is 0.447. The van der Waals surface area contributed by atoms with Gasteiger partial charge in [0.25, 0.3) is 11.8 Å². The molecule has 34 heavy (non-hydrogen) atoms. The van der Waals surface area contributed by atoms with Crippen molar-refractivity contribution in [1.82, 2.24) is 10.2 Å². The molecule has 0 saturated carbocycles. The van der Waals surface area contributed by atoms with Crippen molar-refractivity contribution in [2.75, 3.05) is 36.5 Å². The molecule has 0 spiro atoms. The van der Waals surface area contributed by atoms with E-state index in [9.17, 15) is 19.2 Å². The van der Waals surface area contributed by atoms with E-state index in [1.54, 1.807) is 29.2 Å². The van der Waals surface area contributed by atoms with Gasteiger partial charge in [-0.2, -0.15) is 0 Å².